The summed E-state index contributed by atoms with van der Waals surface area (Å²) in [6.07, 6.45) is 1.46. The van der Waals surface area contributed by atoms with Crippen molar-refractivity contribution in [3.8, 4) is 11.5 Å². The van der Waals surface area contributed by atoms with Crippen molar-refractivity contribution in [2.45, 2.75) is 6.92 Å². The summed E-state index contributed by atoms with van der Waals surface area (Å²) in [5, 5.41) is 7.61. The molecule has 4 N–H and O–H groups in total. The van der Waals surface area contributed by atoms with Gasteiger partial charge < -0.3 is 20.9 Å². The van der Waals surface area contributed by atoms with Crippen LogP contribution in [-0.2, 0) is 0 Å². The van der Waals surface area contributed by atoms with E-state index in [1.54, 1.807) is 12.1 Å². The van der Waals surface area contributed by atoms with E-state index in [9.17, 15) is 0 Å². The highest BCUT2D eigenvalue weighted by Crippen LogP contribution is 2.35. The lowest BCUT2D eigenvalue weighted by Crippen LogP contribution is -2.21. The second kappa shape index (κ2) is 6.70. The van der Waals surface area contributed by atoms with Gasteiger partial charge in [-0.15, -0.1) is 5.10 Å². The van der Waals surface area contributed by atoms with Crippen molar-refractivity contribution in [1.29, 1.82) is 0 Å². The lowest BCUT2D eigenvalue weighted by molar-refractivity contribution is 0.311. The first-order valence-corrected chi connectivity index (χ1v) is 5.58. The third-order valence-electron chi connectivity index (χ3n) is 1.92. The van der Waals surface area contributed by atoms with Gasteiger partial charge in [-0.05, 0) is 19.1 Å². The van der Waals surface area contributed by atoms with E-state index >= 15 is 0 Å². The number of guanidine groups is 1. The minimum Gasteiger partial charge on any atom is -0.493 e. The Hall–Kier alpha value is -1.95. The van der Waals surface area contributed by atoms with Gasteiger partial charge in [-0.1, -0.05) is 11.6 Å². The average molecular weight is 271 g/mol. The van der Waals surface area contributed by atoms with E-state index in [0.29, 0.717) is 28.7 Å². The Bertz CT molecular complexity index is 470. The standard InChI is InChI=1S/C11H15ClN4O2/c1-3-18-10-8(12)4-7(5-9(10)17-2)6-15-16-11(13)14/h4-6H,3H2,1-2H3,(H4,13,14,16). The third kappa shape index (κ3) is 3.81. The maximum Gasteiger partial charge on any atom is 0.211 e. The predicted molar refractivity (Wildman–Crippen MR) is 72.6 cm³/mol. The molecule has 0 heterocycles. The lowest BCUT2D eigenvalue weighted by Gasteiger charge is -2.11. The van der Waals surface area contributed by atoms with Crippen LogP contribution < -0.4 is 20.9 Å². The first kappa shape index (κ1) is 14.1. The first-order valence-electron chi connectivity index (χ1n) is 5.20. The van der Waals surface area contributed by atoms with Crippen molar-refractivity contribution in [3.63, 3.8) is 0 Å². The molecule has 0 unspecified atom stereocenters. The molecule has 7 heteroatoms. The van der Waals surface area contributed by atoms with Crippen LogP contribution in [0.4, 0.5) is 0 Å². The van der Waals surface area contributed by atoms with E-state index in [4.69, 9.17) is 32.5 Å². The molecule has 0 atom stereocenters. The van der Waals surface area contributed by atoms with Crippen LogP contribution in [0.3, 0.4) is 0 Å². The quantitative estimate of drug-likeness (QED) is 0.480. The van der Waals surface area contributed by atoms with E-state index < -0.39 is 0 Å². The van der Waals surface area contributed by atoms with E-state index in [-0.39, 0.29) is 5.96 Å². The van der Waals surface area contributed by atoms with E-state index in [1.165, 1.54) is 13.3 Å². The summed E-state index contributed by atoms with van der Waals surface area (Å²) in [5.74, 6) is 0.909. The van der Waals surface area contributed by atoms with Crippen LogP contribution in [0.5, 0.6) is 11.5 Å². The maximum atomic E-state index is 6.08. The summed E-state index contributed by atoms with van der Waals surface area (Å²) in [7, 11) is 1.53. The van der Waals surface area contributed by atoms with Gasteiger partial charge in [-0.2, -0.15) is 5.10 Å². The van der Waals surface area contributed by atoms with Crippen LogP contribution >= 0.6 is 11.6 Å². The van der Waals surface area contributed by atoms with Crippen LogP contribution in [0.1, 0.15) is 12.5 Å². The van der Waals surface area contributed by atoms with E-state index in [1.807, 2.05) is 6.92 Å². The number of ether oxygens (including phenoxy) is 2. The van der Waals surface area contributed by atoms with Gasteiger partial charge in [-0.25, -0.2) is 0 Å². The summed E-state index contributed by atoms with van der Waals surface area (Å²) < 4.78 is 10.6. The van der Waals surface area contributed by atoms with Gasteiger partial charge in [0, 0.05) is 5.56 Å². The molecule has 1 aromatic rings. The van der Waals surface area contributed by atoms with Crippen molar-refractivity contribution in [3.05, 3.63) is 22.7 Å². The molecule has 0 aliphatic carbocycles. The van der Waals surface area contributed by atoms with Gasteiger partial charge in [0.2, 0.25) is 5.96 Å². The molecule has 1 rings (SSSR count). The summed E-state index contributed by atoms with van der Waals surface area (Å²) >= 11 is 6.08. The van der Waals surface area contributed by atoms with Crippen molar-refractivity contribution in [2.75, 3.05) is 13.7 Å². The molecule has 18 heavy (non-hydrogen) atoms. The van der Waals surface area contributed by atoms with E-state index in [2.05, 4.69) is 10.2 Å². The molecule has 0 aliphatic heterocycles. The Morgan fingerprint density at radius 1 is 1.44 bits per heavy atom. The molecular formula is C11H15ClN4O2. The molecule has 0 saturated carbocycles. The average Bonchev–Trinajstić information content (AvgIpc) is 2.31. The fourth-order valence-corrected chi connectivity index (χ4v) is 1.53. The van der Waals surface area contributed by atoms with Crippen molar-refractivity contribution < 1.29 is 9.47 Å². The highest BCUT2D eigenvalue weighted by molar-refractivity contribution is 6.32. The first-order chi connectivity index (χ1) is 8.58. The van der Waals surface area contributed by atoms with Gasteiger partial charge in [0.1, 0.15) is 0 Å². The Labute approximate surface area is 110 Å². The van der Waals surface area contributed by atoms with Gasteiger partial charge in [-0.3, -0.25) is 0 Å². The van der Waals surface area contributed by atoms with Crippen LogP contribution in [0.2, 0.25) is 5.02 Å². The Morgan fingerprint density at radius 2 is 2.17 bits per heavy atom. The molecule has 0 radical (unpaired) electrons. The van der Waals surface area contributed by atoms with Crippen LogP contribution in [0.15, 0.2) is 22.3 Å². The Balaban J connectivity index is 3.06. The Morgan fingerprint density at radius 3 is 2.72 bits per heavy atom. The van der Waals surface area contributed by atoms with Gasteiger partial charge >= 0.3 is 0 Å². The number of benzene rings is 1. The SMILES string of the molecule is CCOc1c(Cl)cc(C=NN=C(N)N)cc1OC. The molecule has 0 aromatic heterocycles. The zero-order chi connectivity index (χ0) is 13.5. The normalized spacial score (nSPS) is 10.4. The number of nitrogens with two attached hydrogens (primary N) is 2. The zero-order valence-electron chi connectivity index (χ0n) is 10.2. The monoisotopic (exact) mass is 270 g/mol. The smallest absolute Gasteiger partial charge is 0.211 e. The van der Waals surface area contributed by atoms with Gasteiger partial charge in [0.15, 0.2) is 11.5 Å². The molecule has 0 bridgehead atoms. The third-order valence-corrected chi connectivity index (χ3v) is 2.20. The lowest BCUT2D eigenvalue weighted by atomic mass is 10.2. The summed E-state index contributed by atoms with van der Waals surface area (Å²) in [5.41, 5.74) is 11.0. The highest BCUT2D eigenvalue weighted by Gasteiger charge is 2.10. The molecule has 1 aromatic carbocycles. The minimum atomic E-state index is -0.116. The zero-order valence-corrected chi connectivity index (χ0v) is 10.9. The summed E-state index contributed by atoms with van der Waals surface area (Å²) in [4.78, 5) is 0. The molecule has 98 valence electrons. The maximum absolute atomic E-state index is 6.08. The number of halogens is 1. The van der Waals surface area contributed by atoms with Gasteiger partial charge in [0.25, 0.3) is 0 Å². The number of rotatable bonds is 5. The topological polar surface area (TPSA) is 95.2 Å². The van der Waals surface area contributed by atoms with Crippen molar-refractivity contribution in [1.82, 2.24) is 0 Å². The summed E-state index contributed by atoms with van der Waals surface area (Å²) in [6.45, 7) is 2.36. The second-order valence-corrected chi connectivity index (χ2v) is 3.64. The summed E-state index contributed by atoms with van der Waals surface area (Å²) in [6, 6.07) is 3.41. The predicted octanol–water partition coefficient (Wildman–Crippen LogP) is 1.35. The highest BCUT2D eigenvalue weighted by atomic mass is 35.5. The van der Waals surface area contributed by atoms with Crippen molar-refractivity contribution in [2.24, 2.45) is 21.7 Å². The van der Waals surface area contributed by atoms with E-state index in [0.717, 1.165) is 0 Å². The Kier molecular flexibility index (Phi) is 5.26. The molecule has 0 spiro atoms. The number of hydrogen-bond acceptors (Lipinski definition) is 4. The molecule has 0 aliphatic rings. The minimum absolute atomic E-state index is 0.116. The molecular weight excluding hydrogens is 256 g/mol. The number of hydrogen-bond donors (Lipinski definition) is 2. The number of nitrogens with zero attached hydrogens (tertiary/aromatic N) is 2. The van der Waals surface area contributed by atoms with Crippen LogP contribution in [-0.4, -0.2) is 25.9 Å². The fraction of sp³-hybridized carbons (Fsp3) is 0.273. The fourth-order valence-electron chi connectivity index (χ4n) is 1.26. The van der Waals surface area contributed by atoms with Crippen molar-refractivity contribution >= 4 is 23.8 Å². The van der Waals surface area contributed by atoms with Gasteiger partial charge in [0.05, 0.1) is 25.0 Å². The molecule has 0 amide bonds. The molecule has 0 fully saturated rings. The second-order valence-electron chi connectivity index (χ2n) is 3.24. The number of methoxy groups -OCH3 is 1. The molecule has 6 nitrogen and oxygen atoms in total. The molecule has 0 saturated heterocycles. The largest absolute Gasteiger partial charge is 0.493 e. The van der Waals surface area contributed by atoms with Crippen LogP contribution in [0, 0.1) is 0 Å². The van der Waals surface area contributed by atoms with Crippen LogP contribution in [0.25, 0.3) is 0 Å².